The maximum Gasteiger partial charge on any atom is 0.0495 e. The molecule has 24 heavy (non-hydrogen) atoms. The number of thiophene rings is 1. The molecule has 0 fully saturated rings. The number of aromatic nitrogens is 1. The van der Waals surface area contributed by atoms with Gasteiger partial charge in [-0.3, -0.25) is 0 Å². The normalized spacial score (nSPS) is 12.1. The van der Waals surface area contributed by atoms with Crippen LogP contribution in [0, 0.1) is 0 Å². The Morgan fingerprint density at radius 2 is 1.71 bits per heavy atom. The standard InChI is InChI=1S/C22H19NS/c1-3-7-14-8-6-11-20-22(14)17-12-19-16(13-21(17)24-20)15-9-4-5-10-18(15)23(19)2/h4-6,8-13H,3,7H2,1-2H3. The second kappa shape index (κ2) is 5.09. The van der Waals surface area contributed by atoms with Crippen molar-refractivity contribution >= 4 is 53.3 Å². The molecular formula is C22H19NS. The molecule has 0 N–H and O–H groups in total. The topological polar surface area (TPSA) is 4.93 Å². The number of hydrogen-bond donors (Lipinski definition) is 0. The number of fused-ring (bicyclic) bond motifs is 6. The molecule has 5 rings (SSSR count). The van der Waals surface area contributed by atoms with E-state index in [0.29, 0.717) is 0 Å². The van der Waals surface area contributed by atoms with Gasteiger partial charge in [0.05, 0.1) is 0 Å². The summed E-state index contributed by atoms with van der Waals surface area (Å²) in [5.74, 6) is 0. The van der Waals surface area contributed by atoms with Gasteiger partial charge in [0.25, 0.3) is 0 Å². The summed E-state index contributed by atoms with van der Waals surface area (Å²) in [5.41, 5.74) is 4.12. The maximum absolute atomic E-state index is 2.41. The van der Waals surface area contributed by atoms with Gasteiger partial charge in [-0.2, -0.15) is 0 Å². The van der Waals surface area contributed by atoms with E-state index >= 15 is 0 Å². The second-order valence-electron chi connectivity index (χ2n) is 6.58. The smallest absolute Gasteiger partial charge is 0.0495 e. The minimum absolute atomic E-state index is 1.15. The first-order valence-electron chi connectivity index (χ1n) is 8.59. The van der Waals surface area contributed by atoms with E-state index in [1.165, 1.54) is 54.0 Å². The number of benzene rings is 3. The van der Waals surface area contributed by atoms with Gasteiger partial charge in [0.1, 0.15) is 0 Å². The summed E-state index contributed by atoms with van der Waals surface area (Å²) in [6, 6.07) is 20.3. The van der Waals surface area contributed by atoms with E-state index in [1.807, 2.05) is 11.3 Å². The van der Waals surface area contributed by atoms with Crippen LogP contribution in [0.4, 0.5) is 0 Å². The van der Waals surface area contributed by atoms with Crippen molar-refractivity contribution in [1.29, 1.82) is 0 Å². The quantitative estimate of drug-likeness (QED) is 0.341. The van der Waals surface area contributed by atoms with Gasteiger partial charge in [-0.05, 0) is 36.2 Å². The molecule has 118 valence electrons. The minimum Gasteiger partial charge on any atom is -0.344 e. The Balaban J connectivity index is 1.98. The molecule has 0 unspecified atom stereocenters. The fraction of sp³-hybridized carbons (Fsp3) is 0.182. The zero-order valence-electron chi connectivity index (χ0n) is 14.0. The fourth-order valence-electron chi connectivity index (χ4n) is 4.03. The van der Waals surface area contributed by atoms with E-state index in [1.54, 1.807) is 0 Å². The van der Waals surface area contributed by atoms with Crippen molar-refractivity contribution in [3.05, 3.63) is 60.2 Å². The van der Waals surface area contributed by atoms with Crippen LogP contribution in [0.25, 0.3) is 42.0 Å². The lowest BCUT2D eigenvalue weighted by molar-refractivity contribution is 0.930. The predicted molar refractivity (Wildman–Crippen MR) is 107 cm³/mol. The molecule has 2 aromatic heterocycles. The number of aryl methyl sites for hydroxylation is 2. The number of hydrogen-bond acceptors (Lipinski definition) is 1. The highest BCUT2D eigenvalue weighted by Gasteiger charge is 2.13. The Morgan fingerprint density at radius 1 is 0.833 bits per heavy atom. The lowest BCUT2D eigenvalue weighted by Crippen LogP contribution is -1.86. The summed E-state index contributed by atoms with van der Waals surface area (Å²) in [6.07, 6.45) is 2.34. The summed E-state index contributed by atoms with van der Waals surface area (Å²) in [4.78, 5) is 0. The van der Waals surface area contributed by atoms with Crippen LogP contribution < -0.4 is 0 Å². The van der Waals surface area contributed by atoms with Gasteiger partial charge in [-0.1, -0.05) is 43.7 Å². The van der Waals surface area contributed by atoms with Crippen molar-refractivity contribution in [3.8, 4) is 0 Å². The summed E-state index contributed by atoms with van der Waals surface area (Å²) in [5, 5.41) is 5.59. The van der Waals surface area contributed by atoms with Gasteiger partial charge < -0.3 is 4.57 Å². The van der Waals surface area contributed by atoms with Crippen LogP contribution >= 0.6 is 11.3 Å². The van der Waals surface area contributed by atoms with E-state index in [4.69, 9.17) is 0 Å². The highest BCUT2D eigenvalue weighted by molar-refractivity contribution is 7.25. The van der Waals surface area contributed by atoms with Crippen molar-refractivity contribution in [1.82, 2.24) is 4.57 Å². The molecule has 0 aliphatic carbocycles. The first-order chi connectivity index (χ1) is 11.8. The van der Waals surface area contributed by atoms with Crippen LogP contribution in [-0.2, 0) is 13.5 Å². The monoisotopic (exact) mass is 329 g/mol. The predicted octanol–water partition coefficient (Wildman–Crippen LogP) is 6.65. The van der Waals surface area contributed by atoms with Gasteiger partial charge in [0, 0.05) is 49.0 Å². The van der Waals surface area contributed by atoms with Crippen LogP contribution in [0.5, 0.6) is 0 Å². The molecule has 0 amide bonds. The average molecular weight is 329 g/mol. The lowest BCUT2D eigenvalue weighted by atomic mass is 10.0. The third-order valence-electron chi connectivity index (χ3n) is 5.14. The Hall–Kier alpha value is -2.32. The van der Waals surface area contributed by atoms with E-state index < -0.39 is 0 Å². The van der Waals surface area contributed by atoms with Crippen molar-refractivity contribution in [2.24, 2.45) is 7.05 Å². The van der Waals surface area contributed by atoms with Crippen molar-refractivity contribution in [2.45, 2.75) is 19.8 Å². The Kier molecular flexibility index (Phi) is 2.98. The number of rotatable bonds is 2. The molecule has 3 aromatic carbocycles. The first kappa shape index (κ1) is 14.1. The number of para-hydroxylation sites is 1. The maximum atomic E-state index is 2.41. The molecule has 2 heteroatoms. The fourth-order valence-corrected chi connectivity index (χ4v) is 5.20. The molecule has 5 aromatic rings. The van der Waals surface area contributed by atoms with Gasteiger partial charge in [-0.15, -0.1) is 11.3 Å². The van der Waals surface area contributed by atoms with Crippen LogP contribution in [-0.4, -0.2) is 4.57 Å². The summed E-state index contributed by atoms with van der Waals surface area (Å²) in [6.45, 7) is 2.26. The van der Waals surface area contributed by atoms with Gasteiger partial charge >= 0.3 is 0 Å². The van der Waals surface area contributed by atoms with Crippen molar-refractivity contribution in [2.75, 3.05) is 0 Å². The van der Waals surface area contributed by atoms with Gasteiger partial charge in [0.15, 0.2) is 0 Å². The third-order valence-corrected chi connectivity index (χ3v) is 6.25. The zero-order valence-corrected chi connectivity index (χ0v) is 14.8. The molecule has 0 aliphatic rings. The van der Waals surface area contributed by atoms with E-state index in [9.17, 15) is 0 Å². The molecule has 0 saturated carbocycles. The Morgan fingerprint density at radius 3 is 2.58 bits per heavy atom. The Labute approximate surface area is 145 Å². The average Bonchev–Trinajstić information content (AvgIpc) is 3.10. The van der Waals surface area contributed by atoms with Crippen LogP contribution in [0.3, 0.4) is 0 Å². The van der Waals surface area contributed by atoms with E-state index in [-0.39, 0.29) is 0 Å². The van der Waals surface area contributed by atoms with Gasteiger partial charge in [-0.25, -0.2) is 0 Å². The highest BCUT2D eigenvalue weighted by Crippen LogP contribution is 2.40. The lowest BCUT2D eigenvalue weighted by Gasteiger charge is -2.03. The van der Waals surface area contributed by atoms with Crippen molar-refractivity contribution in [3.63, 3.8) is 0 Å². The molecule has 0 spiro atoms. The van der Waals surface area contributed by atoms with E-state index in [2.05, 4.69) is 73.1 Å². The van der Waals surface area contributed by atoms with Crippen LogP contribution in [0.1, 0.15) is 18.9 Å². The zero-order chi connectivity index (χ0) is 16.3. The third kappa shape index (κ3) is 1.81. The van der Waals surface area contributed by atoms with Gasteiger partial charge in [0.2, 0.25) is 0 Å². The molecule has 2 heterocycles. The molecular weight excluding hydrogens is 310 g/mol. The summed E-state index contributed by atoms with van der Waals surface area (Å²) >= 11 is 1.93. The van der Waals surface area contributed by atoms with Crippen molar-refractivity contribution < 1.29 is 0 Å². The molecule has 0 aliphatic heterocycles. The summed E-state index contributed by atoms with van der Waals surface area (Å²) < 4.78 is 5.14. The number of nitrogens with zero attached hydrogens (tertiary/aromatic N) is 1. The molecule has 0 radical (unpaired) electrons. The first-order valence-corrected chi connectivity index (χ1v) is 9.41. The van der Waals surface area contributed by atoms with E-state index in [0.717, 1.165) is 6.42 Å². The largest absolute Gasteiger partial charge is 0.344 e. The summed E-state index contributed by atoms with van der Waals surface area (Å²) in [7, 11) is 2.18. The SMILES string of the molecule is CCCc1cccc2sc3cc4c5ccccc5n(C)c4cc3c12. The highest BCUT2D eigenvalue weighted by atomic mass is 32.1. The molecule has 1 nitrogen and oxygen atoms in total. The molecule has 0 atom stereocenters. The van der Waals surface area contributed by atoms with Crippen LogP contribution in [0.15, 0.2) is 54.6 Å². The second-order valence-corrected chi connectivity index (χ2v) is 7.67. The molecule has 0 saturated heterocycles. The Bertz CT molecular complexity index is 1220. The van der Waals surface area contributed by atoms with Crippen LogP contribution in [0.2, 0.25) is 0 Å². The molecule has 0 bridgehead atoms. The minimum atomic E-state index is 1.15.